The van der Waals surface area contributed by atoms with Crippen molar-refractivity contribution in [3.8, 4) is 0 Å². The van der Waals surface area contributed by atoms with Crippen LogP contribution in [0.5, 0.6) is 0 Å². The molecule has 94 valence electrons. The Labute approximate surface area is 121 Å². The van der Waals surface area contributed by atoms with Crippen molar-refractivity contribution in [2.24, 2.45) is 5.73 Å². The third-order valence-corrected chi connectivity index (χ3v) is 4.32. The van der Waals surface area contributed by atoms with Crippen molar-refractivity contribution in [3.63, 3.8) is 0 Å². The molecule has 1 unspecified atom stereocenters. The summed E-state index contributed by atoms with van der Waals surface area (Å²) in [6.45, 7) is 4.13. The van der Waals surface area contributed by atoms with E-state index in [2.05, 4.69) is 41.9 Å². The topological polar surface area (TPSA) is 26.0 Å². The first-order valence-corrected chi connectivity index (χ1v) is 6.94. The van der Waals surface area contributed by atoms with Crippen molar-refractivity contribution in [1.29, 1.82) is 0 Å². The smallest absolute Gasteiger partial charge is 0.0569 e. The van der Waals surface area contributed by atoms with Gasteiger partial charge in [0.15, 0.2) is 0 Å². The van der Waals surface area contributed by atoms with Crippen LogP contribution < -0.4 is 5.73 Å². The fourth-order valence-corrected chi connectivity index (χ4v) is 2.74. The maximum Gasteiger partial charge on any atom is 0.0569 e. The van der Waals surface area contributed by atoms with Crippen LogP contribution >= 0.6 is 27.5 Å². The monoisotopic (exact) mass is 323 g/mol. The van der Waals surface area contributed by atoms with Crippen LogP contribution in [0.4, 0.5) is 0 Å². The Balaban J connectivity index is 2.50. The van der Waals surface area contributed by atoms with E-state index in [-0.39, 0.29) is 6.04 Å². The summed E-state index contributed by atoms with van der Waals surface area (Å²) >= 11 is 9.74. The van der Waals surface area contributed by atoms with Gasteiger partial charge in [0.05, 0.1) is 6.04 Å². The summed E-state index contributed by atoms with van der Waals surface area (Å²) in [6.07, 6.45) is 0. The van der Waals surface area contributed by atoms with E-state index in [9.17, 15) is 0 Å². The highest BCUT2D eigenvalue weighted by Crippen LogP contribution is 2.30. The lowest BCUT2D eigenvalue weighted by atomic mass is 9.94. The summed E-state index contributed by atoms with van der Waals surface area (Å²) in [6, 6.07) is 11.8. The number of nitrogens with two attached hydrogens (primary N) is 1. The Hall–Kier alpha value is -0.830. The van der Waals surface area contributed by atoms with E-state index in [1.54, 1.807) is 0 Å². The lowest BCUT2D eigenvalue weighted by Crippen LogP contribution is -2.14. The second kappa shape index (κ2) is 5.43. The van der Waals surface area contributed by atoms with Crippen LogP contribution in [-0.2, 0) is 0 Å². The van der Waals surface area contributed by atoms with Crippen LogP contribution in [0.1, 0.15) is 28.3 Å². The molecule has 0 fully saturated rings. The molecule has 0 heterocycles. The van der Waals surface area contributed by atoms with Crippen molar-refractivity contribution in [1.82, 2.24) is 0 Å². The minimum Gasteiger partial charge on any atom is -0.320 e. The Morgan fingerprint density at radius 1 is 1.06 bits per heavy atom. The zero-order chi connectivity index (χ0) is 13.3. The molecule has 0 aliphatic rings. The van der Waals surface area contributed by atoms with E-state index in [1.165, 1.54) is 11.1 Å². The van der Waals surface area contributed by atoms with Gasteiger partial charge in [0.25, 0.3) is 0 Å². The Morgan fingerprint density at radius 3 is 2.39 bits per heavy atom. The zero-order valence-corrected chi connectivity index (χ0v) is 12.7. The van der Waals surface area contributed by atoms with E-state index in [4.69, 9.17) is 17.3 Å². The molecule has 0 aliphatic carbocycles. The van der Waals surface area contributed by atoms with E-state index in [1.807, 2.05) is 24.3 Å². The van der Waals surface area contributed by atoms with E-state index in [0.717, 1.165) is 15.6 Å². The molecule has 0 bridgehead atoms. The molecule has 2 N–H and O–H groups in total. The van der Waals surface area contributed by atoms with Gasteiger partial charge in [0.1, 0.15) is 0 Å². The number of hydrogen-bond donors (Lipinski definition) is 1. The molecule has 0 saturated heterocycles. The summed E-state index contributed by atoms with van der Waals surface area (Å²) < 4.78 is 1.11. The van der Waals surface area contributed by atoms with Gasteiger partial charge in [-0.15, -0.1) is 0 Å². The van der Waals surface area contributed by atoms with Crippen LogP contribution in [0.25, 0.3) is 0 Å². The maximum atomic E-state index is 6.34. The molecule has 3 heteroatoms. The lowest BCUT2D eigenvalue weighted by molar-refractivity contribution is 0.859. The summed E-state index contributed by atoms with van der Waals surface area (Å²) in [5, 5.41) is 0.713. The molecule has 1 atom stereocenters. The van der Waals surface area contributed by atoms with Gasteiger partial charge >= 0.3 is 0 Å². The molecule has 0 spiro atoms. The lowest BCUT2D eigenvalue weighted by Gasteiger charge is -2.18. The molecule has 0 aliphatic heterocycles. The first-order chi connectivity index (χ1) is 8.50. The third kappa shape index (κ3) is 2.61. The molecule has 18 heavy (non-hydrogen) atoms. The molecule has 2 aromatic carbocycles. The molecule has 0 amide bonds. The summed E-state index contributed by atoms with van der Waals surface area (Å²) in [4.78, 5) is 0. The van der Waals surface area contributed by atoms with Crippen LogP contribution in [0, 0.1) is 13.8 Å². The van der Waals surface area contributed by atoms with Gasteiger partial charge in [-0.25, -0.2) is 0 Å². The second-order valence-electron chi connectivity index (χ2n) is 4.46. The fraction of sp³-hybridized carbons (Fsp3) is 0.200. The van der Waals surface area contributed by atoms with Crippen molar-refractivity contribution < 1.29 is 0 Å². The van der Waals surface area contributed by atoms with Crippen molar-refractivity contribution >= 4 is 27.5 Å². The minimum atomic E-state index is -0.189. The first-order valence-electron chi connectivity index (χ1n) is 5.77. The predicted molar refractivity (Wildman–Crippen MR) is 81.1 cm³/mol. The van der Waals surface area contributed by atoms with Gasteiger partial charge in [-0.1, -0.05) is 51.8 Å². The predicted octanol–water partition coefficient (Wildman–Crippen LogP) is 4.77. The van der Waals surface area contributed by atoms with Crippen LogP contribution in [0.3, 0.4) is 0 Å². The average molecular weight is 325 g/mol. The Bertz CT molecular complexity index is 581. The van der Waals surface area contributed by atoms with Gasteiger partial charge in [-0.3, -0.25) is 0 Å². The highest BCUT2D eigenvalue weighted by atomic mass is 79.9. The first kappa shape index (κ1) is 13.6. The van der Waals surface area contributed by atoms with Gasteiger partial charge in [0.2, 0.25) is 0 Å². The second-order valence-corrected chi connectivity index (χ2v) is 5.72. The van der Waals surface area contributed by atoms with Crippen molar-refractivity contribution in [2.75, 3.05) is 0 Å². The molecular formula is C15H15BrClN. The number of hydrogen-bond acceptors (Lipinski definition) is 1. The minimum absolute atomic E-state index is 0.189. The molecule has 0 radical (unpaired) electrons. The molecule has 2 aromatic rings. The number of aryl methyl sites for hydroxylation is 2. The largest absolute Gasteiger partial charge is 0.320 e. The van der Waals surface area contributed by atoms with Crippen molar-refractivity contribution in [2.45, 2.75) is 19.9 Å². The quantitative estimate of drug-likeness (QED) is 0.846. The summed E-state index contributed by atoms with van der Waals surface area (Å²) in [7, 11) is 0. The summed E-state index contributed by atoms with van der Waals surface area (Å²) in [5.74, 6) is 0. The third-order valence-electron chi connectivity index (χ3n) is 3.12. The average Bonchev–Trinajstić information content (AvgIpc) is 2.33. The fourth-order valence-electron chi connectivity index (χ4n) is 2.03. The van der Waals surface area contributed by atoms with Crippen LogP contribution in [0.15, 0.2) is 40.9 Å². The highest BCUT2D eigenvalue weighted by Gasteiger charge is 2.15. The normalized spacial score (nSPS) is 12.5. The maximum absolute atomic E-state index is 6.34. The van der Waals surface area contributed by atoms with E-state index >= 15 is 0 Å². The molecule has 0 aromatic heterocycles. The van der Waals surface area contributed by atoms with Crippen LogP contribution in [-0.4, -0.2) is 0 Å². The summed E-state index contributed by atoms with van der Waals surface area (Å²) in [5.41, 5.74) is 10.8. The number of halogens is 2. The van der Waals surface area contributed by atoms with Crippen molar-refractivity contribution in [3.05, 3.63) is 68.1 Å². The molecular weight excluding hydrogens is 310 g/mol. The molecule has 0 saturated carbocycles. The zero-order valence-electron chi connectivity index (χ0n) is 10.4. The Kier molecular flexibility index (Phi) is 4.10. The number of benzene rings is 2. The highest BCUT2D eigenvalue weighted by molar-refractivity contribution is 9.10. The Morgan fingerprint density at radius 2 is 1.72 bits per heavy atom. The van der Waals surface area contributed by atoms with Gasteiger partial charge in [0, 0.05) is 9.50 Å². The SMILES string of the molecule is Cc1cc(C(N)c2ccccc2Cl)c(C)cc1Br. The standard InChI is InChI=1S/C15H15BrClN/c1-9-8-13(16)10(2)7-12(9)15(18)11-5-3-4-6-14(11)17/h3-8,15H,18H2,1-2H3. The van der Waals surface area contributed by atoms with Gasteiger partial charge in [-0.05, 0) is 48.2 Å². The van der Waals surface area contributed by atoms with Gasteiger partial charge < -0.3 is 5.73 Å². The number of rotatable bonds is 2. The van der Waals surface area contributed by atoms with E-state index in [0.29, 0.717) is 5.02 Å². The molecule has 1 nitrogen and oxygen atoms in total. The van der Waals surface area contributed by atoms with E-state index < -0.39 is 0 Å². The molecule has 2 rings (SSSR count). The van der Waals surface area contributed by atoms with Crippen LogP contribution in [0.2, 0.25) is 5.02 Å². The van der Waals surface area contributed by atoms with Gasteiger partial charge in [-0.2, -0.15) is 0 Å².